The Bertz CT molecular complexity index is 499. The minimum absolute atomic E-state index is 0.0769. The normalized spacial score (nSPS) is 17.1. The minimum atomic E-state index is -0.0769. The molecule has 0 aliphatic heterocycles. The molecular formula is C17H22O3S. The summed E-state index contributed by atoms with van der Waals surface area (Å²) in [7, 11) is 0. The van der Waals surface area contributed by atoms with Crippen molar-refractivity contribution < 1.29 is 14.3 Å². The van der Waals surface area contributed by atoms with Crippen molar-refractivity contribution in [3.05, 3.63) is 29.3 Å². The van der Waals surface area contributed by atoms with Crippen molar-refractivity contribution in [2.24, 2.45) is 5.92 Å². The van der Waals surface area contributed by atoms with E-state index < -0.39 is 0 Å². The van der Waals surface area contributed by atoms with Crippen LogP contribution in [0, 0.1) is 5.92 Å². The Morgan fingerprint density at radius 3 is 3.05 bits per heavy atom. The van der Waals surface area contributed by atoms with Crippen LogP contribution in [0.15, 0.2) is 23.1 Å². The molecule has 1 aromatic rings. The molecule has 1 atom stereocenters. The summed E-state index contributed by atoms with van der Waals surface area (Å²) in [4.78, 5) is 23.2. The first-order valence-corrected chi connectivity index (χ1v) is 8.55. The number of rotatable bonds is 7. The number of hydrogen-bond donors (Lipinski definition) is 0. The van der Waals surface area contributed by atoms with Crippen LogP contribution in [-0.4, -0.2) is 24.6 Å². The highest BCUT2D eigenvalue weighted by atomic mass is 32.2. The molecule has 21 heavy (non-hydrogen) atoms. The zero-order chi connectivity index (χ0) is 15.1. The molecule has 0 heterocycles. The van der Waals surface area contributed by atoms with E-state index in [-0.39, 0.29) is 5.97 Å². The molecule has 0 N–H and O–H groups in total. The second-order valence-corrected chi connectivity index (χ2v) is 6.52. The summed E-state index contributed by atoms with van der Waals surface area (Å²) in [6.07, 6.45) is 5.14. The third kappa shape index (κ3) is 4.88. The predicted octanol–water partition coefficient (Wildman–Crippen LogP) is 3.43. The molecule has 2 rings (SSSR count). The first-order chi connectivity index (χ1) is 10.2. The van der Waals surface area contributed by atoms with Crippen molar-refractivity contribution in [2.45, 2.75) is 43.9 Å². The molecule has 1 aromatic carbocycles. The fourth-order valence-corrected chi connectivity index (χ4v) is 3.59. The van der Waals surface area contributed by atoms with Gasteiger partial charge in [-0.15, -0.1) is 11.8 Å². The molecule has 1 aliphatic rings. The summed E-state index contributed by atoms with van der Waals surface area (Å²) in [5.74, 6) is 1.17. The summed E-state index contributed by atoms with van der Waals surface area (Å²) in [5.41, 5.74) is 2.75. The molecule has 0 radical (unpaired) electrons. The van der Waals surface area contributed by atoms with Crippen molar-refractivity contribution >= 4 is 24.0 Å². The van der Waals surface area contributed by atoms with Gasteiger partial charge in [-0.05, 0) is 55.4 Å². The highest BCUT2D eigenvalue weighted by Crippen LogP contribution is 2.31. The molecule has 4 heteroatoms. The van der Waals surface area contributed by atoms with E-state index in [0.717, 1.165) is 31.3 Å². The molecule has 0 saturated carbocycles. The lowest BCUT2D eigenvalue weighted by Crippen LogP contribution is -2.19. The van der Waals surface area contributed by atoms with Gasteiger partial charge in [-0.25, -0.2) is 0 Å². The molecule has 0 spiro atoms. The number of ether oxygens (including phenoxy) is 1. The van der Waals surface area contributed by atoms with Gasteiger partial charge in [0, 0.05) is 23.5 Å². The third-order valence-electron chi connectivity index (χ3n) is 3.77. The van der Waals surface area contributed by atoms with Crippen molar-refractivity contribution in [1.29, 1.82) is 0 Å². The summed E-state index contributed by atoms with van der Waals surface area (Å²) < 4.78 is 5.04. The average molecular weight is 306 g/mol. The monoisotopic (exact) mass is 306 g/mol. The van der Waals surface area contributed by atoms with Crippen LogP contribution in [0.25, 0.3) is 0 Å². The summed E-state index contributed by atoms with van der Waals surface area (Å²) in [6.45, 7) is 2.31. The van der Waals surface area contributed by atoms with Crippen molar-refractivity contribution in [3.8, 4) is 0 Å². The molecular weight excluding hydrogens is 284 g/mol. The Balaban J connectivity index is 1.92. The van der Waals surface area contributed by atoms with Crippen molar-refractivity contribution in [2.75, 3.05) is 12.4 Å². The topological polar surface area (TPSA) is 43.4 Å². The number of esters is 1. The fourth-order valence-electron chi connectivity index (χ4n) is 2.75. The maximum atomic E-state index is 11.6. The summed E-state index contributed by atoms with van der Waals surface area (Å²) in [5, 5.41) is 0. The Morgan fingerprint density at radius 1 is 1.43 bits per heavy atom. The molecule has 1 aliphatic carbocycles. The van der Waals surface area contributed by atoms with Crippen molar-refractivity contribution in [3.63, 3.8) is 0 Å². The van der Waals surface area contributed by atoms with Gasteiger partial charge in [-0.3, -0.25) is 4.79 Å². The highest BCUT2D eigenvalue weighted by Gasteiger charge is 2.21. The zero-order valence-corrected chi connectivity index (χ0v) is 13.3. The number of fused-ring (bicyclic) bond motifs is 1. The van der Waals surface area contributed by atoms with Crippen LogP contribution in [0.2, 0.25) is 0 Å². The highest BCUT2D eigenvalue weighted by molar-refractivity contribution is 7.99. The average Bonchev–Trinajstić information content (AvgIpc) is 2.48. The molecule has 0 amide bonds. The molecule has 0 fully saturated rings. The lowest BCUT2D eigenvalue weighted by Gasteiger charge is -2.24. The van der Waals surface area contributed by atoms with Gasteiger partial charge in [0.2, 0.25) is 0 Å². The smallest absolute Gasteiger partial charge is 0.306 e. The predicted molar refractivity (Wildman–Crippen MR) is 84.6 cm³/mol. The molecule has 0 bridgehead atoms. The number of hydrogen-bond acceptors (Lipinski definition) is 4. The van der Waals surface area contributed by atoms with Crippen LogP contribution in [0.4, 0.5) is 0 Å². The Hall–Kier alpha value is -1.29. The second kappa shape index (κ2) is 8.23. The maximum absolute atomic E-state index is 11.6. The number of benzene rings is 1. The number of aryl methyl sites for hydroxylation is 1. The number of carbonyl (C=O) groups is 2. The lowest BCUT2D eigenvalue weighted by molar-refractivity contribution is -0.144. The number of aldehydes is 1. The van der Waals surface area contributed by atoms with Gasteiger partial charge < -0.3 is 9.53 Å². The van der Waals surface area contributed by atoms with Gasteiger partial charge in [0.15, 0.2) is 0 Å². The van der Waals surface area contributed by atoms with E-state index in [4.69, 9.17) is 4.74 Å². The van der Waals surface area contributed by atoms with Crippen LogP contribution in [0.5, 0.6) is 0 Å². The molecule has 0 saturated heterocycles. The van der Waals surface area contributed by atoms with E-state index >= 15 is 0 Å². The van der Waals surface area contributed by atoms with E-state index in [2.05, 4.69) is 18.2 Å². The fraction of sp³-hybridized carbons (Fsp3) is 0.529. The van der Waals surface area contributed by atoms with Crippen LogP contribution in [0.3, 0.4) is 0 Å². The van der Waals surface area contributed by atoms with E-state index in [1.807, 2.05) is 6.92 Å². The Morgan fingerprint density at radius 2 is 2.29 bits per heavy atom. The maximum Gasteiger partial charge on any atom is 0.306 e. The lowest BCUT2D eigenvalue weighted by atomic mass is 9.82. The van der Waals surface area contributed by atoms with Crippen LogP contribution in [-0.2, 0) is 27.2 Å². The van der Waals surface area contributed by atoms with Crippen LogP contribution >= 0.6 is 11.8 Å². The second-order valence-electron chi connectivity index (χ2n) is 5.35. The van der Waals surface area contributed by atoms with Gasteiger partial charge in [0.25, 0.3) is 0 Å². The molecule has 1 unspecified atom stereocenters. The van der Waals surface area contributed by atoms with E-state index in [0.29, 0.717) is 25.4 Å². The minimum Gasteiger partial charge on any atom is -0.466 e. The summed E-state index contributed by atoms with van der Waals surface area (Å²) in [6, 6.07) is 6.54. The van der Waals surface area contributed by atoms with Gasteiger partial charge in [-0.2, -0.15) is 0 Å². The zero-order valence-electron chi connectivity index (χ0n) is 12.5. The largest absolute Gasteiger partial charge is 0.466 e. The van der Waals surface area contributed by atoms with Gasteiger partial charge in [-0.1, -0.05) is 6.07 Å². The van der Waals surface area contributed by atoms with Crippen LogP contribution < -0.4 is 0 Å². The number of carbonyl (C=O) groups excluding carboxylic acids is 2. The summed E-state index contributed by atoms with van der Waals surface area (Å²) >= 11 is 1.73. The number of thioether (sulfide) groups is 1. The first-order valence-electron chi connectivity index (χ1n) is 7.56. The van der Waals surface area contributed by atoms with Crippen LogP contribution in [0.1, 0.15) is 37.3 Å². The quantitative estimate of drug-likeness (QED) is 0.335. The van der Waals surface area contributed by atoms with E-state index in [1.54, 1.807) is 11.8 Å². The standard InChI is InChI=1S/C17H22O3S/c1-2-20-17(19)11-13-4-5-15-12-16(21-9-3-8-18)7-6-14(15)10-13/h6-8,12-13H,2-5,9-11H2,1H3. The van der Waals surface area contributed by atoms with E-state index in [9.17, 15) is 9.59 Å². The molecule has 114 valence electrons. The molecule has 3 nitrogen and oxygen atoms in total. The first kappa shape index (κ1) is 16.1. The van der Waals surface area contributed by atoms with Gasteiger partial charge in [0.1, 0.15) is 6.29 Å². The Labute approximate surface area is 130 Å². The van der Waals surface area contributed by atoms with Crippen molar-refractivity contribution in [1.82, 2.24) is 0 Å². The van der Waals surface area contributed by atoms with E-state index in [1.165, 1.54) is 16.0 Å². The molecule has 0 aromatic heterocycles. The third-order valence-corrected chi connectivity index (χ3v) is 4.80. The Kier molecular flexibility index (Phi) is 6.30. The van der Waals surface area contributed by atoms with Gasteiger partial charge in [0.05, 0.1) is 6.61 Å². The van der Waals surface area contributed by atoms with Gasteiger partial charge >= 0.3 is 5.97 Å². The SMILES string of the molecule is CCOC(=O)CC1CCc2cc(SCCC=O)ccc2C1.